The van der Waals surface area contributed by atoms with Crippen LogP contribution in [0.4, 0.5) is 4.79 Å². The quantitative estimate of drug-likeness (QED) is 0.728. The molecule has 20 heavy (non-hydrogen) atoms. The van der Waals surface area contributed by atoms with Gasteiger partial charge in [-0.05, 0) is 12.5 Å². The molecule has 0 heterocycles. The van der Waals surface area contributed by atoms with Gasteiger partial charge in [-0.15, -0.1) is 0 Å². The van der Waals surface area contributed by atoms with Crippen LogP contribution < -0.4 is 15.4 Å². The maximum absolute atomic E-state index is 11.9. The molecule has 1 rings (SSSR count). The first-order chi connectivity index (χ1) is 9.49. The van der Waals surface area contributed by atoms with Crippen LogP contribution in [0, 0.1) is 0 Å². The molecule has 0 radical (unpaired) electrons. The zero-order chi connectivity index (χ0) is 15.1. The molecule has 1 aromatic rings. The highest BCUT2D eigenvalue weighted by molar-refractivity contribution is 6.34. The summed E-state index contributed by atoms with van der Waals surface area (Å²) in [5, 5.41) is 14.4. The van der Waals surface area contributed by atoms with Gasteiger partial charge in [0.2, 0.25) is 0 Å². The molecule has 110 valence electrons. The summed E-state index contributed by atoms with van der Waals surface area (Å²) in [6, 6.07) is 1.85. The second-order valence-corrected chi connectivity index (χ2v) is 4.47. The lowest BCUT2D eigenvalue weighted by atomic mass is 10.2. The van der Waals surface area contributed by atoms with Crippen LogP contribution in [-0.4, -0.2) is 30.7 Å². The smallest absolute Gasteiger partial charge is 0.321 e. The fourth-order valence-electron chi connectivity index (χ4n) is 1.47. The predicted molar refractivity (Wildman–Crippen MR) is 75.4 cm³/mol. The zero-order valence-corrected chi connectivity index (χ0v) is 12.1. The van der Waals surface area contributed by atoms with Gasteiger partial charge in [-0.3, -0.25) is 10.1 Å². The molecule has 0 aliphatic heterocycles. The molecule has 1 aromatic carbocycles. The van der Waals surface area contributed by atoms with Gasteiger partial charge in [0, 0.05) is 12.6 Å². The number of hydrogen-bond acceptors (Lipinski definition) is 4. The second-order valence-electron chi connectivity index (χ2n) is 4.07. The molecule has 0 aliphatic rings. The van der Waals surface area contributed by atoms with E-state index in [4.69, 9.17) is 16.3 Å². The van der Waals surface area contributed by atoms with Crippen LogP contribution in [0.5, 0.6) is 11.5 Å². The van der Waals surface area contributed by atoms with Crippen molar-refractivity contribution in [3.8, 4) is 11.5 Å². The first-order valence-electron chi connectivity index (χ1n) is 6.15. The molecule has 0 aliphatic carbocycles. The molecule has 3 amide bonds. The van der Waals surface area contributed by atoms with Gasteiger partial charge in [0.25, 0.3) is 5.91 Å². The maximum atomic E-state index is 11.9. The monoisotopic (exact) mass is 300 g/mol. The first kappa shape index (κ1) is 16.1. The van der Waals surface area contributed by atoms with Gasteiger partial charge in [-0.2, -0.15) is 0 Å². The Morgan fingerprint density at radius 1 is 1.40 bits per heavy atom. The Labute approximate surface area is 122 Å². The molecule has 7 heteroatoms. The van der Waals surface area contributed by atoms with E-state index < -0.39 is 11.9 Å². The Morgan fingerprint density at radius 3 is 2.70 bits per heavy atom. The number of ether oxygens (including phenoxy) is 1. The number of imide groups is 1. The van der Waals surface area contributed by atoms with Crippen molar-refractivity contribution in [2.45, 2.75) is 19.8 Å². The number of urea groups is 1. The summed E-state index contributed by atoms with van der Waals surface area (Å²) in [7, 11) is 1.37. The van der Waals surface area contributed by atoms with E-state index in [0.29, 0.717) is 6.54 Å². The summed E-state index contributed by atoms with van der Waals surface area (Å²) < 4.78 is 4.86. The number of phenols is 1. The number of benzene rings is 1. The number of amides is 3. The number of carbonyl (C=O) groups is 2. The number of halogens is 1. The molecule has 0 fully saturated rings. The average Bonchev–Trinajstić information content (AvgIpc) is 2.41. The van der Waals surface area contributed by atoms with Crippen molar-refractivity contribution in [3.63, 3.8) is 0 Å². The third-order valence-electron chi connectivity index (χ3n) is 2.56. The molecule has 0 bridgehead atoms. The number of unbranched alkanes of at least 4 members (excludes halogenated alkanes) is 1. The summed E-state index contributed by atoms with van der Waals surface area (Å²) in [6.45, 7) is 2.47. The summed E-state index contributed by atoms with van der Waals surface area (Å²) in [6.07, 6.45) is 1.76. The van der Waals surface area contributed by atoms with Crippen LogP contribution in [-0.2, 0) is 0 Å². The Bertz CT molecular complexity index is 505. The summed E-state index contributed by atoms with van der Waals surface area (Å²) >= 11 is 5.90. The van der Waals surface area contributed by atoms with E-state index in [2.05, 4.69) is 10.6 Å². The Hall–Kier alpha value is -1.95. The van der Waals surface area contributed by atoms with Crippen LogP contribution in [0.15, 0.2) is 12.1 Å². The normalized spacial score (nSPS) is 9.95. The minimum Gasteiger partial charge on any atom is -0.504 e. The van der Waals surface area contributed by atoms with Gasteiger partial charge >= 0.3 is 6.03 Å². The van der Waals surface area contributed by atoms with Gasteiger partial charge in [0.05, 0.1) is 17.7 Å². The van der Waals surface area contributed by atoms with Crippen molar-refractivity contribution < 1.29 is 19.4 Å². The SMILES string of the molecule is CCCCNC(=O)NC(=O)c1cc(O)c(OC)cc1Cl. The van der Waals surface area contributed by atoms with Crippen molar-refractivity contribution in [2.75, 3.05) is 13.7 Å². The molecule has 0 unspecified atom stereocenters. The fourth-order valence-corrected chi connectivity index (χ4v) is 1.71. The van der Waals surface area contributed by atoms with Crippen molar-refractivity contribution in [1.29, 1.82) is 0 Å². The van der Waals surface area contributed by atoms with Gasteiger partial charge in [0.1, 0.15) is 0 Å². The van der Waals surface area contributed by atoms with E-state index in [1.807, 2.05) is 6.92 Å². The number of nitrogens with one attached hydrogen (secondary N) is 2. The number of methoxy groups -OCH3 is 1. The van der Waals surface area contributed by atoms with E-state index in [0.717, 1.165) is 18.9 Å². The molecule has 0 saturated carbocycles. The number of hydrogen-bond donors (Lipinski definition) is 3. The molecule has 0 aromatic heterocycles. The number of carbonyl (C=O) groups excluding carboxylic acids is 2. The second kappa shape index (κ2) is 7.59. The third-order valence-corrected chi connectivity index (χ3v) is 2.87. The molecular formula is C13H17ClN2O4. The standard InChI is InChI=1S/C13H17ClN2O4/c1-3-4-5-15-13(19)16-12(18)8-6-10(17)11(20-2)7-9(8)14/h6-7,17H,3-5H2,1-2H3,(H2,15,16,18,19). The highest BCUT2D eigenvalue weighted by Gasteiger charge is 2.16. The zero-order valence-electron chi connectivity index (χ0n) is 11.3. The van der Waals surface area contributed by atoms with E-state index in [-0.39, 0.29) is 22.1 Å². The Balaban J connectivity index is 2.73. The van der Waals surface area contributed by atoms with Crippen molar-refractivity contribution in [1.82, 2.24) is 10.6 Å². The first-order valence-corrected chi connectivity index (χ1v) is 6.53. The average molecular weight is 301 g/mol. The van der Waals surface area contributed by atoms with Crippen LogP contribution in [0.3, 0.4) is 0 Å². The van der Waals surface area contributed by atoms with Crippen LogP contribution in [0.25, 0.3) is 0 Å². The van der Waals surface area contributed by atoms with Gasteiger partial charge in [-0.25, -0.2) is 4.79 Å². The van der Waals surface area contributed by atoms with Crippen LogP contribution in [0.2, 0.25) is 5.02 Å². The van der Waals surface area contributed by atoms with E-state index in [1.54, 1.807) is 0 Å². The number of aromatic hydroxyl groups is 1. The molecule has 6 nitrogen and oxygen atoms in total. The lowest BCUT2D eigenvalue weighted by Crippen LogP contribution is -2.39. The third kappa shape index (κ3) is 4.31. The van der Waals surface area contributed by atoms with Crippen molar-refractivity contribution in [3.05, 3.63) is 22.7 Å². The molecule has 0 saturated heterocycles. The van der Waals surface area contributed by atoms with Crippen LogP contribution >= 0.6 is 11.6 Å². The number of rotatable bonds is 5. The minimum absolute atomic E-state index is 0.00407. The van der Waals surface area contributed by atoms with E-state index >= 15 is 0 Å². The molecule has 0 atom stereocenters. The van der Waals surface area contributed by atoms with E-state index in [1.165, 1.54) is 13.2 Å². The topological polar surface area (TPSA) is 87.7 Å². The van der Waals surface area contributed by atoms with Crippen molar-refractivity contribution >= 4 is 23.5 Å². The minimum atomic E-state index is -0.693. The Morgan fingerprint density at radius 2 is 2.10 bits per heavy atom. The lowest BCUT2D eigenvalue weighted by Gasteiger charge is -2.09. The van der Waals surface area contributed by atoms with Gasteiger partial charge < -0.3 is 15.2 Å². The molecule has 0 spiro atoms. The lowest BCUT2D eigenvalue weighted by molar-refractivity contribution is 0.0963. The summed E-state index contributed by atoms with van der Waals surface area (Å²) in [5.74, 6) is -0.769. The van der Waals surface area contributed by atoms with Crippen molar-refractivity contribution in [2.24, 2.45) is 0 Å². The highest BCUT2D eigenvalue weighted by atomic mass is 35.5. The number of phenolic OH excluding ortho intramolecular Hbond substituents is 1. The summed E-state index contributed by atoms with van der Waals surface area (Å²) in [5.41, 5.74) is -0.00407. The van der Waals surface area contributed by atoms with Gasteiger partial charge in [0.15, 0.2) is 11.5 Å². The van der Waals surface area contributed by atoms with Gasteiger partial charge in [-0.1, -0.05) is 24.9 Å². The fraction of sp³-hybridized carbons (Fsp3) is 0.385. The molecular weight excluding hydrogens is 284 g/mol. The van der Waals surface area contributed by atoms with Crippen LogP contribution in [0.1, 0.15) is 30.1 Å². The highest BCUT2D eigenvalue weighted by Crippen LogP contribution is 2.31. The Kier molecular flexibility index (Phi) is 6.11. The molecule has 3 N–H and O–H groups in total. The maximum Gasteiger partial charge on any atom is 0.321 e. The van der Waals surface area contributed by atoms with E-state index in [9.17, 15) is 14.7 Å². The predicted octanol–water partition coefficient (Wildman–Crippen LogP) is 2.29. The summed E-state index contributed by atoms with van der Waals surface area (Å²) in [4.78, 5) is 23.3. The largest absolute Gasteiger partial charge is 0.504 e.